The average molecular weight is 635 g/mol. The molecule has 0 aliphatic heterocycles. The lowest BCUT2D eigenvalue weighted by Gasteiger charge is -2.39. The number of aliphatic carboxylic acids is 1. The van der Waals surface area contributed by atoms with Crippen molar-refractivity contribution in [3.8, 4) is 5.75 Å². The second-order valence-electron chi connectivity index (χ2n) is 11.5. The van der Waals surface area contributed by atoms with Crippen LogP contribution in [0.1, 0.15) is 103 Å². The minimum atomic E-state index is -3.67. The third-order valence-electron chi connectivity index (χ3n) is 7.82. The Bertz CT molecular complexity index is 940. The molecule has 1 aromatic rings. The van der Waals surface area contributed by atoms with E-state index in [0.29, 0.717) is 16.9 Å². The summed E-state index contributed by atoms with van der Waals surface area (Å²) in [6.07, 6.45) is 12.7. The Kier molecular flexibility index (Phi) is 20.6. The van der Waals surface area contributed by atoms with Gasteiger partial charge in [0.15, 0.2) is 0 Å². The lowest BCUT2D eigenvalue weighted by Crippen LogP contribution is -3.00. The van der Waals surface area contributed by atoms with E-state index >= 15 is 0 Å². The number of benzene rings is 1. The average Bonchev–Trinajstić information content (AvgIpc) is 3.76. The number of quaternary nitrogens is 1. The SMILES string of the molecule is CCCC[N+](CCCC)(CCCC)CCCC.COc1cc(C)c(S(=O)(=O)N(CCOCC(=O)O)C2CC2)c(C)c1.[Cl-]. The largest absolute Gasteiger partial charge is 1.00 e. The predicted octanol–water partition coefficient (Wildman–Crippen LogP) is 3.57. The maximum Gasteiger partial charge on any atom is 0.329 e. The van der Waals surface area contributed by atoms with E-state index in [0.717, 1.165) is 12.8 Å². The van der Waals surface area contributed by atoms with Crippen LogP contribution in [-0.4, -0.2) is 87.4 Å². The maximum absolute atomic E-state index is 13.1. The smallest absolute Gasteiger partial charge is 0.329 e. The van der Waals surface area contributed by atoms with Crippen molar-refractivity contribution < 1.29 is 44.7 Å². The first kappa shape index (κ1) is 40.6. The van der Waals surface area contributed by atoms with Crippen LogP contribution in [-0.2, 0) is 19.6 Å². The van der Waals surface area contributed by atoms with Crippen molar-refractivity contribution >= 4 is 16.0 Å². The van der Waals surface area contributed by atoms with Gasteiger partial charge in [-0.2, -0.15) is 4.31 Å². The topological polar surface area (TPSA) is 93.1 Å². The van der Waals surface area contributed by atoms with E-state index in [4.69, 9.17) is 14.6 Å². The van der Waals surface area contributed by atoms with Gasteiger partial charge in [0, 0.05) is 12.6 Å². The number of hydrogen-bond donors (Lipinski definition) is 1. The van der Waals surface area contributed by atoms with E-state index in [2.05, 4.69) is 27.7 Å². The van der Waals surface area contributed by atoms with Crippen molar-refractivity contribution in [3.05, 3.63) is 23.3 Å². The zero-order chi connectivity index (χ0) is 30.9. The number of methoxy groups -OCH3 is 1. The molecule has 1 aliphatic carbocycles. The molecule has 0 unspecified atom stereocenters. The molecule has 1 fully saturated rings. The van der Waals surface area contributed by atoms with E-state index < -0.39 is 22.6 Å². The van der Waals surface area contributed by atoms with Gasteiger partial charge in [0.2, 0.25) is 10.0 Å². The van der Waals surface area contributed by atoms with E-state index in [-0.39, 0.29) is 36.5 Å². The third-order valence-corrected chi connectivity index (χ3v) is 10.1. The number of carboxylic acid groups (broad SMARTS) is 1. The highest BCUT2D eigenvalue weighted by Gasteiger charge is 2.39. The molecule has 0 saturated heterocycles. The molecule has 42 heavy (non-hydrogen) atoms. The first-order valence-electron chi connectivity index (χ1n) is 15.8. The van der Waals surface area contributed by atoms with Crippen LogP contribution >= 0.6 is 0 Å². The molecule has 2 rings (SSSR count). The summed E-state index contributed by atoms with van der Waals surface area (Å²) < 4.78 is 39.2. The molecular formula is C32H59ClN2O6S. The van der Waals surface area contributed by atoms with Gasteiger partial charge in [0.05, 0.1) is 44.8 Å². The number of unbranched alkanes of at least 4 members (excludes halogenated alkanes) is 4. The number of rotatable bonds is 21. The summed E-state index contributed by atoms with van der Waals surface area (Å²) in [5, 5.41) is 8.59. The first-order valence-corrected chi connectivity index (χ1v) is 17.3. The van der Waals surface area contributed by atoms with Crippen LogP contribution in [0.2, 0.25) is 0 Å². The zero-order valence-electron chi connectivity index (χ0n) is 27.4. The van der Waals surface area contributed by atoms with E-state index in [1.807, 2.05) is 0 Å². The molecule has 1 aliphatic rings. The minimum Gasteiger partial charge on any atom is -1.00 e. The highest BCUT2D eigenvalue weighted by Crippen LogP contribution is 2.35. The lowest BCUT2D eigenvalue weighted by atomic mass is 10.1. The summed E-state index contributed by atoms with van der Waals surface area (Å²) in [7, 11) is -2.13. The van der Waals surface area contributed by atoms with E-state index in [1.54, 1.807) is 33.1 Å². The fraction of sp³-hybridized carbons (Fsp3) is 0.781. The van der Waals surface area contributed by atoms with Gasteiger partial charge in [0.1, 0.15) is 12.4 Å². The highest BCUT2D eigenvalue weighted by atomic mass is 35.5. The van der Waals surface area contributed by atoms with Crippen molar-refractivity contribution in [3.63, 3.8) is 0 Å². The van der Waals surface area contributed by atoms with Crippen molar-refractivity contribution in [2.45, 2.75) is 117 Å². The van der Waals surface area contributed by atoms with Crippen LogP contribution in [0.15, 0.2) is 17.0 Å². The molecule has 0 spiro atoms. The quantitative estimate of drug-likeness (QED) is 0.164. The number of halogens is 1. The summed E-state index contributed by atoms with van der Waals surface area (Å²) >= 11 is 0. The highest BCUT2D eigenvalue weighted by molar-refractivity contribution is 7.89. The molecule has 0 aromatic heterocycles. The number of ether oxygens (including phenoxy) is 2. The lowest BCUT2D eigenvalue weighted by molar-refractivity contribution is -0.929. The van der Waals surface area contributed by atoms with Crippen molar-refractivity contribution in [1.29, 1.82) is 0 Å². The van der Waals surface area contributed by atoms with Crippen LogP contribution in [0.4, 0.5) is 0 Å². The van der Waals surface area contributed by atoms with Gasteiger partial charge in [-0.15, -0.1) is 0 Å². The number of sulfonamides is 1. The Morgan fingerprint density at radius 1 is 0.905 bits per heavy atom. The van der Waals surface area contributed by atoms with Gasteiger partial charge in [-0.25, -0.2) is 13.2 Å². The fourth-order valence-electron chi connectivity index (χ4n) is 5.37. The number of carbonyl (C=O) groups is 1. The Hall–Kier alpha value is -1.39. The summed E-state index contributed by atoms with van der Waals surface area (Å²) in [6, 6.07) is 3.36. The first-order chi connectivity index (χ1) is 19.5. The molecule has 8 nitrogen and oxygen atoms in total. The molecule has 10 heteroatoms. The molecule has 1 aromatic carbocycles. The van der Waals surface area contributed by atoms with Gasteiger partial charge in [-0.3, -0.25) is 0 Å². The Morgan fingerprint density at radius 3 is 1.67 bits per heavy atom. The Balaban J connectivity index is 0.000000832. The van der Waals surface area contributed by atoms with Crippen LogP contribution < -0.4 is 17.1 Å². The van der Waals surface area contributed by atoms with Gasteiger partial charge in [0.25, 0.3) is 0 Å². The minimum absolute atomic E-state index is 0. The van der Waals surface area contributed by atoms with Crippen molar-refractivity contribution in [2.75, 3.05) is 53.0 Å². The number of nitrogens with zero attached hydrogens (tertiary/aromatic N) is 2. The monoisotopic (exact) mass is 634 g/mol. The van der Waals surface area contributed by atoms with Gasteiger partial charge < -0.3 is 31.5 Å². The summed E-state index contributed by atoms with van der Waals surface area (Å²) in [5.74, 6) is -0.454. The van der Waals surface area contributed by atoms with Crippen LogP contribution in [0.3, 0.4) is 0 Å². The third kappa shape index (κ3) is 13.9. The van der Waals surface area contributed by atoms with Crippen LogP contribution in [0.25, 0.3) is 0 Å². The summed E-state index contributed by atoms with van der Waals surface area (Å²) in [6.45, 7) is 18.3. The van der Waals surface area contributed by atoms with Gasteiger partial charge >= 0.3 is 5.97 Å². The van der Waals surface area contributed by atoms with Crippen molar-refractivity contribution in [1.82, 2.24) is 4.31 Å². The summed E-state index contributed by atoms with van der Waals surface area (Å²) in [4.78, 5) is 10.8. The van der Waals surface area contributed by atoms with Crippen molar-refractivity contribution in [2.24, 2.45) is 0 Å². The second-order valence-corrected chi connectivity index (χ2v) is 13.4. The second kappa shape index (κ2) is 21.3. The Morgan fingerprint density at radius 2 is 1.33 bits per heavy atom. The fourth-order valence-corrected chi connectivity index (χ4v) is 7.46. The number of aryl methyl sites for hydroxylation is 2. The predicted molar refractivity (Wildman–Crippen MR) is 167 cm³/mol. The van der Waals surface area contributed by atoms with E-state index in [9.17, 15) is 13.2 Å². The Labute approximate surface area is 263 Å². The molecule has 0 atom stereocenters. The molecule has 1 N–H and O–H groups in total. The molecule has 0 radical (unpaired) electrons. The molecule has 0 amide bonds. The zero-order valence-corrected chi connectivity index (χ0v) is 29.0. The molecule has 0 bridgehead atoms. The van der Waals surface area contributed by atoms with Gasteiger partial charge in [-0.1, -0.05) is 53.4 Å². The molecule has 246 valence electrons. The maximum atomic E-state index is 13.1. The molecule has 0 heterocycles. The number of hydrogen-bond acceptors (Lipinski definition) is 5. The van der Waals surface area contributed by atoms with E-state index in [1.165, 1.54) is 86.3 Å². The van der Waals surface area contributed by atoms with Crippen LogP contribution in [0, 0.1) is 13.8 Å². The molecular weight excluding hydrogens is 576 g/mol. The standard InChI is InChI=1S/C16H23NO6S.C16H36N.ClH/c1-11-8-14(22-3)9-12(2)16(11)24(20,21)17(13-4-5-13)6-7-23-10-15(18)19;1-5-9-13-17(14-10-6-2,15-11-7-3)16-12-8-4;/h8-9,13H,4-7,10H2,1-3H3,(H,18,19);5-16H2,1-4H3;1H/q;+1;/p-1. The van der Waals surface area contributed by atoms with Crippen LogP contribution in [0.5, 0.6) is 5.75 Å². The molecule has 1 saturated carbocycles. The summed E-state index contributed by atoms with van der Waals surface area (Å²) in [5.41, 5.74) is 1.26. The number of carboxylic acids is 1. The van der Waals surface area contributed by atoms with Gasteiger partial charge in [-0.05, 0) is 75.6 Å². The normalized spacial score (nSPS) is 13.3.